The normalized spacial score (nSPS) is 16.8. The van der Waals surface area contributed by atoms with Gasteiger partial charge in [-0.2, -0.15) is 0 Å². The Morgan fingerprint density at radius 1 is 1.04 bits per heavy atom. The molecule has 0 aliphatic carbocycles. The summed E-state index contributed by atoms with van der Waals surface area (Å²) in [4.78, 5) is 17.3. The highest BCUT2D eigenvalue weighted by atomic mass is 32.2. The van der Waals surface area contributed by atoms with E-state index in [1.54, 1.807) is 0 Å². The first-order valence-corrected chi connectivity index (χ1v) is 9.25. The maximum absolute atomic E-state index is 12.2. The van der Waals surface area contributed by atoms with Crippen molar-refractivity contribution >= 4 is 34.6 Å². The number of aliphatic imine (C=N–C) groups is 1. The maximum Gasteiger partial charge on any atom is 0.264 e. The number of thioether (sulfide) groups is 1. The largest absolute Gasteiger partial charge is 0.494 e. The van der Waals surface area contributed by atoms with Crippen LogP contribution in [0.2, 0.25) is 0 Å². The summed E-state index contributed by atoms with van der Waals surface area (Å²) in [6.45, 7) is 5.07. The Bertz CT molecular complexity index is 844. The molecule has 1 N–H and O–H groups in total. The van der Waals surface area contributed by atoms with Gasteiger partial charge in [-0.05, 0) is 62.0 Å². The molecule has 3 rings (SSSR count). The fourth-order valence-electron chi connectivity index (χ4n) is 2.41. The van der Waals surface area contributed by atoms with Crippen LogP contribution in [-0.4, -0.2) is 24.3 Å². The number of benzene rings is 2. The van der Waals surface area contributed by atoms with Crippen LogP contribution in [0.1, 0.15) is 19.4 Å². The van der Waals surface area contributed by atoms with Gasteiger partial charge in [0.2, 0.25) is 0 Å². The molecule has 1 saturated heterocycles. The zero-order chi connectivity index (χ0) is 18.4. The number of nitrogens with one attached hydrogen (secondary N) is 1. The molecule has 2 aromatic rings. The Morgan fingerprint density at radius 2 is 1.77 bits per heavy atom. The lowest BCUT2D eigenvalue weighted by Crippen LogP contribution is -2.19. The van der Waals surface area contributed by atoms with Gasteiger partial charge in [0.1, 0.15) is 11.5 Å². The van der Waals surface area contributed by atoms with Gasteiger partial charge in [0, 0.05) is 5.56 Å². The van der Waals surface area contributed by atoms with Gasteiger partial charge < -0.3 is 14.8 Å². The van der Waals surface area contributed by atoms with Crippen molar-refractivity contribution in [2.75, 3.05) is 13.2 Å². The SMILES string of the molecule is CCOc1ccc(N=C2NC(=O)/C(=C\c3ccccc3OCC)S2)cc1. The van der Waals surface area contributed by atoms with Crippen molar-refractivity contribution in [1.29, 1.82) is 0 Å². The van der Waals surface area contributed by atoms with Crippen LogP contribution in [0.3, 0.4) is 0 Å². The summed E-state index contributed by atoms with van der Waals surface area (Å²) >= 11 is 1.31. The van der Waals surface area contributed by atoms with E-state index >= 15 is 0 Å². The Labute approximate surface area is 157 Å². The van der Waals surface area contributed by atoms with Crippen LogP contribution >= 0.6 is 11.8 Å². The number of hydrogen-bond acceptors (Lipinski definition) is 5. The first kappa shape index (κ1) is 18.1. The van der Waals surface area contributed by atoms with Crippen LogP contribution in [0, 0.1) is 0 Å². The zero-order valence-electron chi connectivity index (χ0n) is 14.7. The van der Waals surface area contributed by atoms with Crippen molar-refractivity contribution in [3.63, 3.8) is 0 Å². The van der Waals surface area contributed by atoms with Crippen molar-refractivity contribution in [3.05, 3.63) is 59.0 Å². The van der Waals surface area contributed by atoms with Crippen molar-refractivity contribution < 1.29 is 14.3 Å². The van der Waals surface area contributed by atoms with Crippen LogP contribution < -0.4 is 14.8 Å². The maximum atomic E-state index is 12.2. The van der Waals surface area contributed by atoms with E-state index in [2.05, 4.69) is 10.3 Å². The van der Waals surface area contributed by atoms with E-state index < -0.39 is 0 Å². The van der Waals surface area contributed by atoms with Crippen molar-refractivity contribution in [3.8, 4) is 11.5 Å². The summed E-state index contributed by atoms with van der Waals surface area (Å²) in [5.74, 6) is 1.39. The van der Waals surface area contributed by atoms with E-state index in [0.717, 1.165) is 22.7 Å². The van der Waals surface area contributed by atoms with Crippen molar-refractivity contribution in [1.82, 2.24) is 5.32 Å². The highest BCUT2D eigenvalue weighted by Crippen LogP contribution is 2.30. The summed E-state index contributed by atoms with van der Waals surface area (Å²) in [6, 6.07) is 15.1. The molecular formula is C20H20N2O3S. The molecule has 6 heteroatoms. The average molecular weight is 368 g/mol. The van der Waals surface area contributed by atoms with Gasteiger partial charge >= 0.3 is 0 Å². The van der Waals surface area contributed by atoms with E-state index in [1.165, 1.54) is 11.8 Å². The van der Waals surface area contributed by atoms with Crippen molar-refractivity contribution in [2.24, 2.45) is 4.99 Å². The third-order valence-corrected chi connectivity index (χ3v) is 4.44. The summed E-state index contributed by atoms with van der Waals surface area (Å²) < 4.78 is 11.0. The van der Waals surface area contributed by atoms with Crippen LogP contribution in [0.4, 0.5) is 5.69 Å². The lowest BCUT2D eigenvalue weighted by Gasteiger charge is -2.06. The summed E-state index contributed by atoms with van der Waals surface area (Å²) in [6.07, 6.45) is 1.83. The second-order valence-electron chi connectivity index (χ2n) is 5.38. The van der Waals surface area contributed by atoms with E-state index in [9.17, 15) is 4.79 Å². The molecule has 0 radical (unpaired) electrons. The van der Waals surface area contributed by atoms with Crippen LogP contribution in [0.25, 0.3) is 6.08 Å². The number of amidine groups is 1. The molecular weight excluding hydrogens is 348 g/mol. The molecule has 0 atom stereocenters. The molecule has 1 aliphatic rings. The van der Waals surface area contributed by atoms with Crippen LogP contribution in [0.5, 0.6) is 11.5 Å². The highest BCUT2D eigenvalue weighted by molar-refractivity contribution is 8.18. The Balaban J connectivity index is 1.78. The first-order valence-electron chi connectivity index (χ1n) is 8.44. The number of hydrogen-bond donors (Lipinski definition) is 1. The molecule has 0 bridgehead atoms. The Morgan fingerprint density at radius 3 is 2.50 bits per heavy atom. The van der Waals surface area contributed by atoms with E-state index in [1.807, 2.05) is 68.5 Å². The van der Waals surface area contributed by atoms with Gasteiger partial charge in [0.15, 0.2) is 5.17 Å². The van der Waals surface area contributed by atoms with Gasteiger partial charge in [-0.1, -0.05) is 18.2 Å². The minimum atomic E-state index is -0.161. The molecule has 1 amide bonds. The molecule has 2 aromatic carbocycles. The smallest absolute Gasteiger partial charge is 0.264 e. The standard InChI is InChI=1S/C20H20N2O3S/c1-3-24-16-11-9-15(10-12-16)21-20-22-19(23)18(26-20)13-14-7-5-6-8-17(14)25-4-2/h5-13H,3-4H2,1-2H3,(H,21,22,23)/b18-13+. The van der Waals surface area contributed by atoms with Gasteiger partial charge in [-0.3, -0.25) is 4.79 Å². The second-order valence-corrected chi connectivity index (χ2v) is 6.41. The third-order valence-electron chi connectivity index (χ3n) is 3.53. The number of nitrogens with zero attached hydrogens (tertiary/aromatic N) is 1. The summed E-state index contributed by atoms with van der Waals surface area (Å²) in [5, 5.41) is 3.35. The quantitative estimate of drug-likeness (QED) is 0.769. The number of para-hydroxylation sites is 1. The van der Waals surface area contributed by atoms with E-state index in [-0.39, 0.29) is 5.91 Å². The molecule has 1 heterocycles. The highest BCUT2D eigenvalue weighted by Gasteiger charge is 2.24. The number of amides is 1. The molecule has 0 spiro atoms. The topological polar surface area (TPSA) is 59.9 Å². The van der Waals surface area contributed by atoms with Crippen molar-refractivity contribution in [2.45, 2.75) is 13.8 Å². The summed E-state index contributed by atoms with van der Waals surface area (Å²) in [7, 11) is 0. The summed E-state index contributed by atoms with van der Waals surface area (Å²) in [5.41, 5.74) is 1.63. The van der Waals surface area contributed by atoms with Gasteiger partial charge in [-0.25, -0.2) is 4.99 Å². The molecule has 1 fully saturated rings. The number of carbonyl (C=O) groups excluding carboxylic acids is 1. The van der Waals surface area contributed by atoms with Gasteiger partial charge in [0.05, 0.1) is 23.8 Å². The molecule has 0 aromatic heterocycles. The molecule has 5 nitrogen and oxygen atoms in total. The van der Waals surface area contributed by atoms with Crippen LogP contribution in [0.15, 0.2) is 58.4 Å². The minimum Gasteiger partial charge on any atom is -0.494 e. The lowest BCUT2D eigenvalue weighted by molar-refractivity contribution is -0.115. The predicted molar refractivity (Wildman–Crippen MR) is 106 cm³/mol. The van der Waals surface area contributed by atoms with Gasteiger partial charge in [-0.15, -0.1) is 0 Å². The monoisotopic (exact) mass is 368 g/mol. The first-order chi connectivity index (χ1) is 12.7. The van der Waals surface area contributed by atoms with Gasteiger partial charge in [0.25, 0.3) is 5.91 Å². The molecule has 134 valence electrons. The molecule has 1 aliphatic heterocycles. The van der Waals surface area contributed by atoms with E-state index in [4.69, 9.17) is 9.47 Å². The van der Waals surface area contributed by atoms with E-state index in [0.29, 0.717) is 23.3 Å². The Kier molecular flexibility index (Phi) is 5.96. The number of rotatable bonds is 6. The Hall–Kier alpha value is -2.73. The number of ether oxygens (including phenoxy) is 2. The molecule has 26 heavy (non-hydrogen) atoms. The fraction of sp³-hybridized carbons (Fsp3) is 0.200. The minimum absolute atomic E-state index is 0.161. The predicted octanol–water partition coefficient (Wildman–Crippen LogP) is 4.38. The second kappa shape index (κ2) is 8.58. The fourth-order valence-corrected chi connectivity index (χ4v) is 3.24. The molecule has 0 unspecified atom stereocenters. The third kappa shape index (κ3) is 4.46. The van der Waals surface area contributed by atoms with Crippen LogP contribution in [-0.2, 0) is 4.79 Å². The zero-order valence-corrected chi connectivity index (χ0v) is 15.5. The number of carbonyl (C=O) groups is 1. The average Bonchev–Trinajstić information content (AvgIpc) is 2.98. The lowest BCUT2D eigenvalue weighted by atomic mass is 10.2. The molecule has 0 saturated carbocycles.